The summed E-state index contributed by atoms with van der Waals surface area (Å²) >= 11 is 0. The lowest BCUT2D eigenvalue weighted by Gasteiger charge is -2.30. The van der Waals surface area contributed by atoms with Crippen molar-refractivity contribution in [1.82, 2.24) is 0 Å². The lowest BCUT2D eigenvalue weighted by atomic mass is 9.75. The Morgan fingerprint density at radius 1 is 0.692 bits per heavy atom. The summed E-state index contributed by atoms with van der Waals surface area (Å²) in [6.45, 7) is 9.16. The molecule has 0 heteroatoms. The monoisotopic (exact) mass is 176 g/mol. The van der Waals surface area contributed by atoms with Gasteiger partial charge in [-0.15, -0.1) is 0 Å². The highest BCUT2D eigenvalue weighted by molar-refractivity contribution is 5.17. The molecule has 0 aromatic rings. The fourth-order valence-corrected chi connectivity index (χ4v) is 2.05. The van der Waals surface area contributed by atoms with Gasteiger partial charge in [0.15, 0.2) is 0 Å². The smallest absolute Gasteiger partial charge is 0.0164 e. The molecule has 0 aliphatic heterocycles. The molecular weight excluding hydrogens is 156 g/mol. The van der Waals surface area contributed by atoms with Gasteiger partial charge in [-0.2, -0.15) is 0 Å². The van der Waals surface area contributed by atoms with Gasteiger partial charge >= 0.3 is 0 Å². The summed E-state index contributed by atoms with van der Waals surface area (Å²) in [6, 6.07) is 0. The average Bonchev–Trinajstić information content (AvgIpc) is 1.97. The van der Waals surface area contributed by atoms with Crippen molar-refractivity contribution in [3.63, 3.8) is 0 Å². The number of rotatable bonds is 0. The van der Waals surface area contributed by atoms with Crippen molar-refractivity contribution in [3.8, 4) is 0 Å². The lowest BCUT2D eigenvalue weighted by Crippen LogP contribution is -2.19. The van der Waals surface area contributed by atoms with Crippen molar-refractivity contribution >= 4 is 0 Å². The van der Waals surface area contributed by atoms with Crippen LogP contribution in [0, 0.1) is 10.8 Å². The molecular formula is C13H20. The summed E-state index contributed by atoms with van der Waals surface area (Å²) in [7, 11) is 0. The van der Waals surface area contributed by atoms with Crippen LogP contribution in [0.1, 0.15) is 34.1 Å². The van der Waals surface area contributed by atoms with Crippen molar-refractivity contribution in [3.05, 3.63) is 36.5 Å². The Labute approximate surface area is 82.0 Å². The van der Waals surface area contributed by atoms with Crippen LogP contribution in [0.25, 0.3) is 0 Å². The van der Waals surface area contributed by atoms with Crippen LogP contribution in [0.3, 0.4) is 0 Å². The topological polar surface area (TPSA) is 0 Å². The number of hydrogen-bond donors (Lipinski definition) is 0. The third-order valence-corrected chi connectivity index (χ3v) is 2.34. The predicted octanol–water partition coefficient (Wildman–Crippen LogP) is 4.11. The Bertz CT molecular complexity index is 223. The molecule has 1 aliphatic carbocycles. The molecule has 0 fully saturated rings. The van der Waals surface area contributed by atoms with Crippen LogP contribution in [0.15, 0.2) is 36.5 Å². The fourth-order valence-electron chi connectivity index (χ4n) is 2.05. The van der Waals surface area contributed by atoms with Crippen molar-refractivity contribution in [2.75, 3.05) is 0 Å². The minimum absolute atomic E-state index is 0.294. The van der Waals surface area contributed by atoms with Crippen LogP contribution in [-0.4, -0.2) is 0 Å². The van der Waals surface area contributed by atoms with Crippen LogP contribution in [0.5, 0.6) is 0 Å². The molecule has 1 aliphatic rings. The molecule has 0 aromatic carbocycles. The Balaban J connectivity index is 2.93. The summed E-state index contributed by atoms with van der Waals surface area (Å²) in [5, 5.41) is 0. The molecule has 0 radical (unpaired) electrons. The largest absolute Gasteiger partial charge is 0.0788 e. The minimum Gasteiger partial charge on any atom is -0.0788 e. The van der Waals surface area contributed by atoms with Gasteiger partial charge in [-0.1, -0.05) is 64.2 Å². The maximum atomic E-state index is 2.29. The van der Waals surface area contributed by atoms with Gasteiger partial charge in [0.2, 0.25) is 0 Å². The van der Waals surface area contributed by atoms with Gasteiger partial charge in [0.05, 0.1) is 0 Å². The molecule has 0 saturated heterocycles. The van der Waals surface area contributed by atoms with Gasteiger partial charge in [0.1, 0.15) is 0 Å². The Hall–Kier alpha value is -0.780. The molecule has 13 heavy (non-hydrogen) atoms. The molecule has 0 heterocycles. The zero-order valence-corrected chi connectivity index (χ0v) is 9.17. The summed E-state index contributed by atoms with van der Waals surface area (Å²) in [6.07, 6.45) is 14.3. The summed E-state index contributed by atoms with van der Waals surface area (Å²) < 4.78 is 0. The van der Waals surface area contributed by atoms with E-state index in [-0.39, 0.29) is 0 Å². The van der Waals surface area contributed by atoms with E-state index in [2.05, 4.69) is 64.2 Å². The van der Waals surface area contributed by atoms with Gasteiger partial charge in [0, 0.05) is 0 Å². The van der Waals surface area contributed by atoms with Gasteiger partial charge in [-0.05, 0) is 17.3 Å². The highest BCUT2D eigenvalue weighted by atomic mass is 14.3. The van der Waals surface area contributed by atoms with Gasteiger partial charge in [-0.3, -0.25) is 0 Å². The molecule has 0 N–H and O–H groups in total. The number of hydrogen-bond acceptors (Lipinski definition) is 0. The summed E-state index contributed by atoms with van der Waals surface area (Å²) in [4.78, 5) is 0. The first kappa shape index (κ1) is 10.3. The van der Waals surface area contributed by atoms with Crippen LogP contribution in [-0.2, 0) is 0 Å². The van der Waals surface area contributed by atoms with E-state index in [1.54, 1.807) is 0 Å². The number of allylic oxidation sites excluding steroid dienone is 6. The van der Waals surface area contributed by atoms with E-state index in [1.807, 2.05) is 0 Å². The molecule has 0 saturated carbocycles. The van der Waals surface area contributed by atoms with Crippen molar-refractivity contribution in [2.24, 2.45) is 10.8 Å². The van der Waals surface area contributed by atoms with Crippen LogP contribution < -0.4 is 0 Å². The van der Waals surface area contributed by atoms with E-state index in [9.17, 15) is 0 Å². The molecule has 72 valence electrons. The first-order valence-electron chi connectivity index (χ1n) is 4.95. The van der Waals surface area contributed by atoms with E-state index in [1.165, 1.54) is 6.42 Å². The third kappa shape index (κ3) is 3.63. The SMILES string of the molecule is CC1(C)\C=C/C=C\C=C/C(C)(C)C1. The van der Waals surface area contributed by atoms with E-state index in [0.29, 0.717) is 10.8 Å². The van der Waals surface area contributed by atoms with Crippen LogP contribution in [0.4, 0.5) is 0 Å². The second kappa shape index (κ2) is 3.53. The van der Waals surface area contributed by atoms with E-state index < -0.39 is 0 Å². The molecule has 0 bridgehead atoms. The fraction of sp³-hybridized carbons (Fsp3) is 0.538. The maximum Gasteiger partial charge on any atom is -0.0164 e. The first-order valence-corrected chi connectivity index (χ1v) is 4.95. The van der Waals surface area contributed by atoms with Gasteiger partial charge < -0.3 is 0 Å². The molecule has 1 rings (SSSR count). The second-order valence-electron chi connectivity index (χ2n) is 5.26. The quantitative estimate of drug-likeness (QED) is 0.521. The summed E-state index contributed by atoms with van der Waals surface area (Å²) in [5.41, 5.74) is 0.588. The molecule has 0 atom stereocenters. The Kier molecular flexibility index (Phi) is 2.80. The second-order valence-corrected chi connectivity index (χ2v) is 5.26. The van der Waals surface area contributed by atoms with E-state index in [0.717, 1.165) is 0 Å². The first-order chi connectivity index (χ1) is 5.91. The van der Waals surface area contributed by atoms with Crippen LogP contribution >= 0.6 is 0 Å². The molecule has 0 unspecified atom stereocenters. The highest BCUT2D eigenvalue weighted by Gasteiger charge is 2.24. The van der Waals surface area contributed by atoms with E-state index >= 15 is 0 Å². The van der Waals surface area contributed by atoms with Gasteiger partial charge in [-0.25, -0.2) is 0 Å². The Morgan fingerprint density at radius 2 is 1.08 bits per heavy atom. The standard InChI is InChI=1S/C13H20/c1-12(2)9-7-5-6-8-10-13(3,4)11-12/h5-10H,11H2,1-4H3/b6-5-,9-7-,10-8-. The minimum atomic E-state index is 0.294. The zero-order valence-electron chi connectivity index (χ0n) is 9.17. The predicted molar refractivity (Wildman–Crippen MR) is 59.6 cm³/mol. The molecule has 0 nitrogen and oxygen atoms in total. The third-order valence-electron chi connectivity index (χ3n) is 2.34. The molecule has 0 aromatic heterocycles. The van der Waals surface area contributed by atoms with Gasteiger partial charge in [0.25, 0.3) is 0 Å². The normalized spacial score (nSPS) is 32.3. The molecule has 0 spiro atoms. The van der Waals surface area contributed by atoms with Crippen molar-refractivity contribution < 1.29 is 0 Å². The van der Waals surface area contributed by atoms with Crippen molar-refractivity contribution in [2.45, 2.75) is 34.1 Å². The van der Waals surface area contributed by atoms with E-state index in [4.69, 9.17) is 0 Å². The summed E-state index contributed by atoms with van der Waals surface area (Å²) in [5.74, 6) is 0. The van der Waals surface area contributed by atoms with Crippen LogP contribution in [0.2, 0.25) is 0 Å². The lowest BCUT2D eigenvalue weighted by molar-refractivity contribution is 0.296. The molecule has 0 amide bonds. The van der Waals surface area contributed by atoms with Crippen molar-refractivity contribution in [1.29, 1.82) is 0 Å². The average molecular weight is 176 g/mol. The Morgan fingerprint density at radius 3 is 1.46 bits per heavy atom. The zero-order chi connectivity index (χ0) is 9.95. The highest BCUT2D eigenvalue weighted by Crippen LogP contribution is 2.36. The maximum absolute atomic E-state index is 2.29.